The van der Waals surface area contributed by atoms with Gasteiger partial charge in [0.1, 0.15) is 11.6 Å². The number of halogens is 2. The summed E-state index contributed by atoms with van der Waals surface area (Å²) in [6.07, 6.45) is 2.10. The Morgan fingerprint density at radius 1 is 1.12 bits per heavy atom. The number of amides is 2. The number of pyridine rings is 1. The standard InChI is InChI=1S/C17H15F2N5O/c18-13-4-5-14(19)12-10-23(8-6-11(12)13)17(25)20-9-16-22-21-15-3-1-2-7-24(15)16/h1-5,7H,6,8-10H2,(H,20,25). The molecule has 8 heteroatoms. The average molecular weight is 343 g/mol. The minimum absolute atomic E-state index is 0.0470. The molecule has 0 bridgehead atoms. The highest BCUT2D eigenvalue weighted by Crippen LogP contribution is 2.24. The molecule has 1 aliphatic heterocycles. The monoisotopic (exact) mass is 343 g/mol. The Labute approximate surface area is 142 Å². The maximum atomic E-state index is 13.9. The van der Waals surface area contributed by atoms with E-state index in [4.69, 9.17) is 0 Å². The molecule has 25 heavy (non-hydrogen) atoms. The molecule has 6 nitrogen and oxygen atoms in total. The van der Waals surface area contributed by atoms with Crippen molar-refractivity contribution in [1.82, 2.24) is 24.8 Å². The minimum atomic E-state index is -0.489. The van der Waals surface area contributed by atoms with Gasteiger partial charge in [0.15, 0.2) is 11.5 Å². The van der Waals surface area contributed by atoms with Gasteiger partial charge in [0.2, 0.25) is 0 Å². The van der Waals surface area contributed by atoms with E-state index in [0.717, 1.165) is 12.1 Å². The maximum absolute atomic E-state index is 13.9. The SMILES string of the molecule is O=C(NCc1nnc2ccccn12)N1CCc2c(F)ccc(F)c2C1. The number of benzene rings is 1. The van der Waals surface area contributed by atoms with Crippen LogP contribution in [0.4, 0.5) is 13.6 Å². The van der Waals surface area contributed by atoms with Crippen LogP contribution in [0, 0.1) is 11.6 Å². The normalized spacial score (nSPS) is 13.8. The number of carbonyl (C=O) groups excluding carboxylic acids is 1. The van der Waals surface area contributed by atoms with Gasteiger partial charge in [-0.05, 0) is 36.2 Å². The topological polar surface area (TPSA) is 62.5 Å². The van der Waals surface area contributed by atoms with Crippen LogP contribution in [0.5, 0.6) is 0 Å². The largest absolute Gasteiger partial charge is 0.331 e. The first-order valence-electron chi connectivity index (χ1n) is 7.90. The van der Waals surface area contributed by atoms with Gasteiger partial charge in [0.25, 0.3) is 0 Å². The zero-order valence-corrected chi connectivity index (χ0v) is 13.2. The van der Waals surface area contributed by atoms with Crippen LogP contribution in [-0.4, -0.2) is 32.1 Å². The minimum Gasteiger partial charge on any atom is -0.331 e. The highest BCUT2D eigenvalue weighted by Gasteiger charge is 2.25. The number of carbonyl (C=O) groups is 1. The first-order chi connectivity index (χ1) is 12.1. The highest BCUT2D eigenvalue weighted by atomic mass is 19.1. The molecule has 2 amide bonds. The van der Waals surface area contributed by atoms with Crippen LogP contribution in [0.25, 0.3) is 5.65 Å². The smallest absolute Gasteiger partial charge is 0.318 e. The molecule has 3 heterocycles. The number of aromatic nitrogens is 3. The van der Waals surface area contributed by atoms with Gasteiger partial charge in [0.05, 0.1) is 13.1 Å². The Kier molecular flexibility index (Phi) is 3.79. The summed E-state index contributed by atoms with van der Waals surface area (Å²) in [5.41, 5.74) is 1.29. The molecule has 1 aromatic carbocycles. The molecule has 0 radical (unpaired) electrons. The van der Waals surface area contributed by atoms with E-state index in [-0.39, 0.29) is 24.7 Å². The van der Waals surface area contributed by atoms with Gasteiger partial charge in [0, 0.05) is 18.3 Å². The lowest BCUT2D eigenvalue weighted by Crippen LogP contribution is -2.43. The predicted octanol–water partition coefficient (Wildman–Crippen LogP) is 2.28. The van der Waals surface area contributed by atoms with Crippen molar-refractivity contribution in [2.24, 2.45) is 0 Å². The number of fused-ring (bicyclic) bond motifs is 2. The Balaban J connectivity index is 1.46. The van der Waals surface area contributed by atoms with Crippen molar-refractivity contribution in [2.45, 2.75) is 19.5 Å². The van der Waals surface area contributed by atoms with Crippen LogP contribution < -0.4 is 5.32 Å². The lowest BCUT2D eigenvalue weighted by molar-refractivity contribution is 0.190. The molecule has 2 aromatic heterocycles. The lowest BCUT2D eigenvalue weighted by atomic mass is 9.99. The van der Waals surface area contributed by atoms with E-state index in [0.29, 0.717) is 30.0 Å². The molecule has 0 saturated heterocycles. The number of rotatable bonds is 2. The molecule has 1 aliphatic rings. The van der Waals surface area contributed by atoms with Crippen molar-refractivity contribution < 1.29 is 13.6 Å². The fourth-order valence-electron chi connectivity index (χ4n) is 3.05. The molecule has 0 spiro atoms. The fourth-order valence-corrected chi connectivity index (χ4v) is 3.05. The van der Waals surface area contributed by atoms with Crippen LogP contribution in [0.2, 0.25) is 0 Å². The van der Waals surface area contributed by atoms with E-state index in [9.17, 15) is 13.6 Å². The molecule has 0 saturated carbocycles. The lowest BCUT2D eigenvalue weighted by Gasteiger charge is -2.29. The van der Waals surface area contributed by atoms with Gasteiger partial charge < -0.3 is 10.2 Å². The van der Waals surface area contributed by atoms with E-state index in [2.05, 4.69) is 15.5 Å². The van der Waals surface area contributed by atoms with Crippen LogP contribution in [0.15, 0.2) is 36.5 Å². The van der Waals surface area contributed by atoms with E-state index < -0.39 is 11.6 Å². The van der Waals surface area contributed by atoms with E-state index >= 15 is 0 Å². The summed E-state index contributed by atoms with van der Waals surface area (Å²) >= 11 is 0. The number of nitrogens with one attached hydrogen (secondary N) is 1. The summed E-state index contributed by atoms with van der Waals surface area (Å²) in [6, 6.07) is 7.39. The predicted molar refractivity (Wildman–Crippen MR) is 85.7 cm³/mol. The molecule has 1 N–H and O–H groups in total. The summed E-state index contributed by atoms with van der Waals surface area (Å²) in [5.74, 6) is -0.317. The first-order valence-corrected chi connectivity index (χ1v) is 7.90. The van der Waals surface area contributed by atoms with Gasteiger partial charge in [-0.2, -0.15) is 0 Å². The van der Waals surface area contributed by atoms with Crippen molar-refractivity contribution in [3.63, 3.8) is 0 Å². The van der Waals surface area contributed by atoms with Gasteiger partial charge in [-0.1, -0.05) is 6.07 Å². The van der Waals surface area contributed by atoms with Gasteiger partial charge in [-0.25, -0.2) is 13.6 Å². The first kappa shape index (κ1) is 15.5. The average Bonchev–Trinajstić information content (AvgIpc) is 3.06. The third kappa shape index (κ3) is 2.79. The van der Waals surface area contributed by atoms with Crippen LogP contribution in [-0.2, 0) is 19.5 Å². The van der Waals surface area contributed by atoms with Gasteiger partial charge >= 0.3 is 6.03 Å². The van der Waals surface area contributed by atoms with Crippen molar-refractivity contribution >= 4 is 11.7 Å². The van der Waals surface area contributed by atoms with Gasteiger partial charge in [-0.15, -0.1) is 10.2 Å². The van der Waals surface area contributed by atoms with Crippen molar-refractivity contribution in [3.8, 4) is 0 Å². The Morgan fingerprint density at radius 2 is 1.92 bits per heavy atom. The van der Waals surface area contributed by atoms with E-state index in [1.165, 1.54) is 4.90 Å². The molecular weight excluding hydrogens is 328 g/mol. The Morgan fingerprint density at radius 3 is 2.76 bits per heavy atom. The Bertz CT molecular complexity index is 955. The molecule has 0 fully saturated rings. The molecule has 4 rings (SSSR count). The highest BCUT2D eigenvalue weighted by molar-refractivity contribution is 5.74. The second kappa shape index (κ2) is 6.12. The molecule has 0 unspecified atom stereocenters. The number of nitrogens with zero attached hydrogens (tertiary/aromatic N) is 4. The molecule has 128 valence electrons. The van der Waals surface area contributed by atoms with Gasteiger partial charge in [-0.3, -0.25) is 4.40 Å². The maximum Gasteiger partial charge on any atom is 0.318 e. The van der Waals surface area contributed by atoms with E-state index in [1.54, 1.807) is 4.40 Å². The number of hydrogen-bond donors (Lipinski definition) is 1. The third-order valence-corrected chi connectivity index (χ3v) is 4.37. The second-order valence-electron chi connectivity index (χ2n) is 5.86. The zero-order chi connectivity index (χ0) is 17.4. The van der Waals surface area contributed by atoms with Crippen molar-refractivity contribution in [3.05, 3.63) is 65.1 Å². The van der Waals surface area contributed by atoms with E-state index in [1.807, 2.05) is 24.4 Å². The molecular formula is C17H15F2N5O. The summed E-state index contributed by atoms with van der Waals surface area (Å²) in [7, 11) is 0. The van der Waals surface area contributed by atoms with Crippen molar-refractivity contribution in [1.29, 1.82) is 0 Å². The number of hydrogen-bond acceptors (Lipinski definition) is 3. The Hall–Kier alpha value is -3.03. The quantitative estimate of drug-likeness (QED) is 0.776. The summed E-state index contributed by atoms with van der Waals surface area (Å²) in [6.45, 7) is 0.574. The van der Waals surface area contributed by atoms with Crippen LogP contribution in [0.1, 0.15) is 17.0 Å². The summed E-state index contributed by atoms with van der Waals surface area (Å²) < 4.78 is 29.5. The zero-order valence-electron chi connectivity index (χ0n) is 13.2. The number of urea groups is 1. The molecule has 0 atom stereocenters. The molecule has 3 aromatic rings. The van der Waals surface area contributed by atoms with Crippen molar-refractivity contribution in [2.75, 3.05) is 6.54 Å². The summed E-state index contributed by atoms with van der Waals surface area (Å²) in [4.78, 5) is 13.8. The van der Waals surface area contributed by atoms with Crippen LogP contribution in [0.3, 0.4) is 0 Å². The van der Waals surface area contributed by atoms with Crippen LogP contribution >= 0.6 is 0 Å². The fraction of sp³-hybridized carbons (Fsp3) is 0.235. The summed E-state index contributed by atoms with van der Waals surface area (Å²) in [5, 5.41) is 10.8. The second-order valence-corrected chi connectivity index (χ2v) is 5.86. The third-order valence-electron chi connectivity index (χ3n) is 4.37. The molecule has 0 aliphatic carbocycles.